The number of aromatic nitrogens is 2. The van der Waals surface area contributed by atoms with E-state index in [0.717, 1.165) is 30.5 Å². The van der Waals surface area contributed by atoms with Crippen molar-refractivity contribution in [3.63, 3.8) is 0 Å². The van der Waals surface area contributed by atoms with Crippen LogP contribution < -0.4 is 5.32 Å². The monoisotopic (exact) mass is 357 g/mol. The SMILES string of the molecule is CC(C)(C)n1nc(NC(=O)OCc2ccccc2)cc1C1CCC(O)C1. The van der Waals surface area contributed by atoms with Gasteiger partial charge in [0.15, 0.2) is 5.82 Å². The molecule has 1 aliphatic rings. The molecule has 0 saturated heterocycles. The van der Waals surface area contributed by atoms with Gasteiger partial charge < -0.3 is 9.84 Å². The van der Waals surface area contributed by atoms with Gasteiger partial charge in [-0.05, 0) is 45.6 Å². The van der Waals surface area contributed by atoms with Crippen molar-refractivity contribution in [3.8, 4) is 0 Å². The lowest BCUT2D eigenvalue weighted by Gasteiger charge is -2.24. The smallest absolute Gasteiger partial charge is 0.413 e. The highest BCUT2D eigenvalue weighted by molar-refractivity contribution is 5.83. The summed E-state index contributed by atoms with van der Waals surface area (Å²) in [4.78, 5) is 12.1. The lowest BCUT2D eigenvalue weighted by atomic mass is 10.0. The van der Waals surface area contributed by atoms with E-state index in [4.69, 9.17) is 4.74 Å². The predicted molar refractivity (Wildman–Crippen MR) is 100 cm³/mol. The molecular weight excluding hydrogens is 330 g/mol. The first-order chi connectivity index (χ1) is 12.3. The number of ether oxygens (including phenoxy) is 1. The van der Waals surface area contributed by atoms with Gasteiger partial charge in [0.2, 0.25) is 0 Å². The maximum Gasteiger partial charge on any atom is 0.413 e. The molecule has 1 aliphatic carbocycles. The largest absolute Gasteiger partial charge is 0.444 e. The second-order valence-electron chi connectivity index (χ2n) is 7.89. The minimum Gasteiger partial charge on any atom is -0.444 e. The fourth-order valence-electron chi connectivity index (χ4n) is 3.37. The van der Waals surface area contributed by atoms with Gasteiger partial charge in [0, 0.05) is 17.7 Å². The van der Waals surface area contributed by atoms with Gasteiger partial charge >= 0.3 is 6.09 Å². The molecule has 1 amide bonds. The number of amides is 1. The third kappa shape index (κ3) is 4.43. The van der Waals surface area contributed by atoms with Crippen molar-refractivity contribution in [1.82, 2.24) is 9.78 Å². The molecule has 1 heterocycles. The molecule has 6 nitrogen and oxygen atoms in total. The van der Waals surface area contributed by atoms with E-state index >= 15 is 0 Å². The summed E-state index contributed by atoms with van der Waals surface area (Å²) in [5.41, 5.74) is 1.77. The second kappa shape index (κ2) is 7.50. The van der Waals surface area contributed by atoms with Crippen molar-refractivity contribution in [3.05, 3.63) is 47.7 Å². The number of hydrogen-bond acceptors (Lipinski definition) is 4. The maximum absolute atomic E-state index is 12.1. The second-order valence-corrected chi connectivity index (χ2v) is 7.89. The van der Waals surface area contributed by atoms with Crippen molar-refractivity contribution in [2.24, 2.45) is 0 Å². The van der Waals surface area contributed by atoms with Crippen LogP contribution in [0.4, 0.5) is 10.6 Å². The number of anilines is 1. The van der Waals surface area contributed by atoms with Crippen molar-refractivity contribution < 1.29 is 14.6 Å². The number of hydrogen-bond donors (Lipinski definition) is 2. The zero-order valence-electron chi connectivity index (χ0n) is 15.6. The molecule has 1 aromatic carbocycles. The third-order valence-corrected chi connectivity index (χ3v) is 4.64. The maximum atomic E-state index is 12.1. The third-order valence-electron chi connectivity index (χ3n) is 4.64. The van der Waals surface area contributed by atoms with Gasteiger partial charge in [-0.2, -0.15) is 5.10 Å². The van der Waals surface area contributed by atoms with Gasteiger partial charge in [0.25, 0.3) is 0 Å². The summed E-state index contributed by atoms with van der Waals surface area (Å²) < 4.78 is 7.22. The summed E-state index contributed by atoms with van der Waals surface area (Å²) in [6, 6.07) is 11.5. The van der Waals surface area contributed by atoms with Gasteiger partial charge in [-0.25, -0.2) is 4.79 Å². The summed E-state index contributed by atoms with van der Waals surface area (Å²) in [5, 5.41) is 17.2. The Labute approximate surface area is 154 Å². The van der Waals surface area contributed by atoms with Crippen LogP contribution in [0.25, 0.3) is 0 Å². The van der Waals surface area contributed by atoms with Gasteiger partial charge in [-0.3, -0.25) is 10.00 Å². The molecule has 140 valence electrons. The molecule has 1 aromatic heterocycles. The van der Waals surface area contributed by atoms with E-state index in [1.54, 1.807) is 0 Å². The summed E-state index contributed by atoms with van der Waals surface area (Å²) in [5.74, 6) is 0.738. The lowest BCUT2D eigenvalue weighted by molar-refractivity contribution is 0.155. The molecule has 1 saturated carbocycles. The fraction of sp³-hybridized carbons (Fsp3) is 0.500. The summed E-state index contributed by atoms with van der Waals surface area (Å²) in [6.07, 6.45) is 1.70. The van der Waals surface area contributed by atoms with E-state index in [9.17, 15) is 9.90 Å². The molecule has 3 rings (SSSR count). The molecule has 1 fully saturated rings. The topological polar surface area (TPSA) is 76.4 Å². The quantitative estimate of drug-likeness (QED) is 0.867. The van der Waals surface area contributed by atoms with Crippen LogP contribution in [-0.4, -0.2) is 27.1 Å². The average molecular weight is 357 g/mol. The number of aliphatic hydroxyl groups is 1. The molecule has 0 radical (unpaired) electrons. The predicted octanol–water partition coefficient (Wildman–Crippen LogP) is 4.02. The van der Waals surface area contributed by atoms with E-state index in [1.165, 1.54) is 0 Å². The molecule has 2 aromatic rings. The fourth-order valence-corrected chi connectivity index (χ4v) is 3.37. The average Bonchev–Trinajstić information content (AvgIpc) is 3.20. The number of aliphatic hydroxyl groups excluding tert-OH is 1. The van der Waals surface area contributed by atoms with Crippen molar-refractivity contribution in [2.45, 2.75) is 64.2 Å². The Hall–Kier alpha value is -2.34. The Balaban J connectivity index is 1.69. The van der Waals surface area contributed by atoms with Gasteiger partial charge in [0.1, 0.15) is 6.61 Å². The highest BCUT2D eigenvalue weighted by atomic mass is 16.5. The van der Waals surface area contributed by atoms with E-state index in [1.807, 2.05) is 41.1 Å². The van der Waals surface area contributed by atoms with Crippen LogP contribution >= 0.6 is 0 Å². The van der Waals surface area contributed by atoms with Crippen molar-refractivity contribution >= 4 is 11.9 Å². The minimum atomic E-state index is -0.523. The first kappa shape index (κ1) is 18.5. The molecule has 2 atom stereocenters. The lowest BCUT2D eigenvalue weighted by Crippen LogP contribution is -2.26. The Bertz CT molecular complexity index is 749. The van der Waals surface area contributed by atoms with Gasteiger partial charge in [-0.1, -0.05) is 30.3 Å². The molecule has 2 unspecified atom stereocenters. The zero-order chi connectivity index (χ0) is 18.7. The summed E-state index contributed by atoms with van der Waals surface area (Å²) in [7, 11) is 0. The van der Waals surface area contributed by atoms with Crippen LogP contribution in [0.3, 0.4) is 0 Å². The van der Waals surface area contributed by atoms with Gasteiger partial charge in [-0.15, -0.1) is 0 Å². The van der Waals surface area contributed by atoms with Crippen LogP contribution in [0.1, 0.15) is 57.2 Å². The molecular formula is C20H27N3O3. The number of nitrogens with one attached hydrogen (secondary N) is 1. The van der Waals surface area contributed by atoms with Crippen LogP contribution in [0.15, 0.2) is 36.4 Å². The summed E-state index contributed by atoms with van der Waals surface area (Å²) >= 11 is 0. The van der Waals surface area contributed by atoms with E-state index < -0.39 is 6.09 Å². The summed E-state index contributed by atoms with van der Waals surface area (Å²) in [6.45, 7) is 6.44. The van der Waals surface area contributed by atoms with Crippen molar-refractivity contribution in [1.29, 1.82) is 0 Å². The standard InChI is InChI=1S/C20H27N3O3/c1-20(2,3)23-17(15-9-10-16(24)11-15)12-18(22-23)21-19(25)26-13-14-7-5-4-6-8-14/h4-8,12,15-16,24H,9-11,13H2,1-3H3,(H,21,22,25). The number of rotatable bonds is 4. The normalized spacial score (nSPS) is 20.2. The number of carbonyl (C=O) groups is 1. The Morgan fingerprint density at radius 3 is 2.65 bits per heavy atom. The van der Waals surface area contributed by atoms with Crippen LogP contribution in [-0.2, 0) is 16.9 Å². The number of benzene rings is 1. The van der Waals surface area contributed by atoms with E-state index in [2.05, 4.69) is 31.2 Å². The van der Waals surface area contributed by atoms with E-state index in [0.29, 0.717) is 5.82 Å². The molecule has 2 N–H and O–H groups in total. The Morgan fingerprint density at radius 2 is 2.04 bits per heavy atom. The Morgan fingerprint density at radius 1 is 1.31 bits per heavy atom. The molecule has 0 aliphatic heterocycles. The Kier molecular flexibility index (Phi) is 5.32. The first-order valence-electron chi connectivity index (χ1n) is 9.09. The highest BCUT2D eigenvalue weighted by Crippen LogP contribution is 2.37. The highest BCUT2D eigenvalue weighted by Gasteiger charge is 2.30. The number of carbonyl (C=O) groups excluding carboxylic acids is 1. The molecule has 26 heavy (non-hydrogen) atoms. The van der Waals surface area contributed by atoms with Crippen LogP contribution in [0.2, 0.25) is 0 Å². The minimum absolute atomic E-state index is 0.212. The van der Waals surface area contributed by atoms with Crippen LogP contribution in [0.5, 0.6) is 0 Å². The zero-order valence-corrected chi connectivity index (χ0v) is 15.6. The molecule has 0 bridgehead atoms. The first-order valence-corrected chi connectivity index (χ1v) is 9.09. The van der Waals surface area contributed by atoms with Gasteiger partial charge in [0.05, 0.1) is 11.6 Å². The van der Waals surface area contributed by atoms with Crippen molar-refractivity contribution in [2.75, 3.05) is 5.32 Å². The molecule has 0 spiro atoms. The number of nitrogens with zero attached hydrogens (tertiary/aromatic N) is 2. The van der Waals surface area contributed by atoms with Crippen LogP contribution in [0, 0.1) is 0 Å². The molecule has 6 heteroatoms. The van der Waals surface area contributed by atoms with E-state index in [-0.39, 0.29) is 24.2 Å².